The van der Waals surface area contributed by atoms with Gasteiger partial charge >= 0.3 is 5.97 Å². The van der Waals surface area contributed by atoms with E-state index in [9.17, 15) is 4.79 Å². The number of carbonyl (C=O) groups excluding carboxylic acids is 1. The molecule has 0 aliphatic carbocycles. The fourth-order valence-electron chi connectivity index (χ4n) is 1.74. The van der Waals surface area contributed by atoms with Crippen molar-refractivity contribution < 1.29 is 9.53 Å². The van der Waals surface area contributed by atoms with Crippen molar-refractivity contribution in [3.63, 3.8) is 0 Å². The van der Waals surface area contributed by atoms with Gasteiger partial charge in [-0.3, -0.25) is 4.98 Å². The molecule has 5 nitrogen and oxygen atoms in total. The van der Waals surface area contributed by atoms with Gasteiger partial charge in [0.05, 0.1) is 19.0 Å². The fourth-order valence-corrected chi connectivity index (χ4v) is 1.92. The second kappa shape index (κ2) is 7.04. The SMILES string of the molecule is COC(=O)C(CC(C)C)Nc1cnccc1C(N)=S. The summed E-state index contributed by atoms with van der Waals surface area (Å²) in [5.41, 5.74) is 6.96. The van der Waals surface area contributed by atoms with Gasteiger partial charge in [0, 0.05) is 11.8 Å². The van der Waals surface area contributed by atoms with Crippen LogP contribution in [-0.2, 0) is 9.53 Å². The van der Waals surface area contributed by atoms with Crippen molar-refractivity contribution in [3.8, 4) is 0 Å². The van der Waals surface area contributed by atoms with Crippen LogP contribution in [-0.4, -0.2) is 29.1 Å². The molecule has 1 aromatic rings. The minimum absolute atomic E-state index is 0.262. The number of hydrogen-bond donors (Lipinski definition) is 2. The Morgan fingerprint density at radius 1 is 1.58 bits per heavy atom. The monoisotopic (exact) mass is 281 g/mol. The lowest BCUT2D eigenvalue weighted by atomic mass is 10.0. The van der Waals surface area contributed by atoms with Crippen LogP contribution in [0.5, 0.6) is 0 Å². The van der Waals surface area contributed by atoms with Gasteiger partial charge in [0.15, 0.2) is 0 Å². The van der Waals surface area contributed by atoms with E-state index in [1.54, 1.807) is 18.5 Å². The number of nitrogens with two attached hydrogens (primary N) is 1. The standard InChI is InChI=1S/C13H19N3O2S/c1-8(2)6-10(13(17)18-3)16-11-7-15-5-4-9(11)12(14)19/h4-5,7-8,10,16H,6H2,1-3H3,(H2,14,19). The summed E-state index contributed by atoms with van der Waals surface area (Å²) in [6.45, 7) is 4.07. The molecule has 1 heterocycles. The first kappa shape index (κ1) is 15.4. The Labute approximate surface area is 118 Å². The quantitative estimate of drug-likeness (QED) is 0.610. The topological polar surface area (TPSA) is 77.2 Å². The van der Waals surface area contributed by atoms with Crippen molar-refractivity contribution in [3.05, 3.63) is 24.0 Å². The largest absolute Gasteiger partial charge is 0.467 e. The highest BCUT2D eigenvalue weighted by atomic mass is 32.1. The third kappa shape index (κ3) is 4.48. The summed E-state index contributed by atoms with van der Waals surface area (Å²) >= 11 is 4.98. The summed E-state index contributed by atoms with van der Waals surface area (Å²) in [6, 6.07) is 1.27. The summed E-state index contributed by atoms with van der Waals surface area (Å²) < 4.78 is 4.80. The van der Waals surface area contributed by atoms with Gasteiger partial charge < -0.3 is 15.8 Å². The van der Waals surface area contributed by atoms with Crippen LogP contribution < -0.4 is 11.1 Å². The smallest absolute Gasteiger partial charge is 0.328 e. The highest BCUT2D eigenvalue weighted by Gasteiger charge is 2.21. The summed E-state index contributed by atoms with van der Waals surface area (Å²) in [6.07, 6.45) is 3.86. The van der Waals surface area contributed by atoms with E-state index in [0.717, 1.165) is 0 Å². The molecule has 1 atom stereocenters. The van der Waals surface area contributed by atoms with Crippen LogP contribution in [0.3, 0.4) is 0 Å². The van der Waals surface area contributed by atoms with E-state index in [4.69, 9.17) is 22.7 Å². The van der Waals surface area contributed by atoms with Crippen molar-refractivity contribution in [1.29, 1.82) is 0 Å². The molecule has 0 aliphatic rings. The Morgan fingerprint density at radius 3 is 2.79 bits per heavy atom. The third-order valence-electron chi connectivity index (χ3n) is 2.61. The molecule has 19 heavy (non-hydrogen) atoms. The van der Waals surface area contributed by atoms with Gasteiger partial charge in [0.1, 0.15) is 11.0 Å². The number of anilines is 1. The van der Waals surface area contributed by atoms with E-state index in [-0.39, 0.29) is 11.0 Å². The van der Waals surface area contributed by atoms with E-state index in [0.29, 0.717) is 23.6 Å². The third-order valence-corrected chi connectivity index (χ3v) is 2.83. The summed E-state index contributed by atoms with van der Waals surface area (Å²) in [7, 11) is 1.37. The Morgan fingerprint density at radius 2 is 2.26 bits per heavy atom. The van der Waals surface area contributed by atoms with E-state index in [2.05, 4.69) is 10.3 Å². The second-order valence-electron chi connectivity index (χ2n) is 4.64. The maximum Gasteiger partial charge on any atom is 0.328 e. The number of thiocarbonyl (C=S) groups is 1. The van der Waals surface area contributed by atoms with Crippen LogP contribution in [0.2, 0.25) is 0 Å². The molecule has 0 saturated carbocycles. The molecule has 1 aromatic heterocycles. The van der Waals surface area contributed by atoms with Crippen LogP contribution in [0.15, 0.2) is 18.5 Å². The average molecular weight is 281 g/mol. The van der Waals surface area contributed by atoms with Gasteiger partial charge in [0.25, 0.3) is 0 Å². The van der Waals surface area contributed by atoms with E-state index < -0.39 is 6.04 Å². The van der Waals surface area contributed by atoms with E-state index in [1.165, 1.54) is 7.11 Å². The lowest BCUT2D eigenvalue weighted by Crippen LogP contribution is -2.33. The van der Waals surface area contributed by atoms with Gasteiger partial charge in [-0.2, -0.15) is 0 Å². The van der Waals surface area contributed by atoms with Crippen LogP contribution in [0.25, 0.3) is 0 Å². The molecule has 0 radical (unpaired) electrons. The first-order chi connectivity index (χ1) is 8.95. The zero-order valence-electron chi connectivity index (χ0n) is 11.3. The van der Waals surface area contributed by atoms with Gasteiger partial charge in [0.2, 0.25) is 0 Å². The van der Waals surface area contributed by atoms with Crippen molar-refractivity contribution in [2.24, 2.45) is 11.7 Å². The minimum atomic E-state index is -0.442. The Balaban J connectivity index is 2.96. The normalized spacial score (nSPS) is 12.0. The molecule has 0 fully saturated rings. The van der Waals surface area contributed by atoms with Gasteiger partial charge in [-0.25, -0.2) is 4.79 Å². The number of nitrogens with zero attached hydrogens (tertiary/aromatic N) is 1. The van der Waals surface area contributed by atoms with Crippen molar-refractivity contribution in [2.45, 2.75) is 26.3 Å². The van der Waals surface area contributed by atoms with Gasteiger partial charge in [-0.05, 0) is 18.4 Å². The lowest BCUT2D eigenvalue weighted by molar-refractivity contribution is -0.141. The molecule has 3 N–H and O–H groups in total. The molecule has 0 bridgehead atoms. The molecule has 1 unspecified atom stereocenters. The van der Waals surface area contributed by atoms with Crippen LogP contribution in [0.1, 0.15) is 25.8 Å². The van der Waals surface area contributed by atoms with E-state index >= 15 is 0 Å². The summed E-state index contributed by atoms with van der Waals surface area (Å²) in [5.74, 6) is 0.0352. The lowest BCUT2D eigenvalue weighted by Gasteiger charge is -2.20. The molecule has 0 aliphatic heterocycles. The minimum Gasteiger partial charge on any atom is -0.467 e. The van der Waals surface area contributed by atoms with Gasteiger partial charge in [-0.1, -0.05) is 26.1 Å². The molecule has 0 spiro atoms. The summed E-state index contributed by atoms with van der Waals surface area (Å²) in [4.78, 5) is 16.0. The van der Waals surface area contributed by atoms with E-state index in [1.807, 2.05) is 13.8 Å². The van der Waals surface area contributed by atoms with Crippen LogP contribution >= 0.6 is 12.2 Å². The molecule has 0 aromatic carbocycles. The average Bonchev–Trinajstić information content (AvgIpc) is 2.36. The zero-order chi connectivity index (χ0) is 14.4. The van der Waals surface area contributed by atoms with Crippen LogP contribution in [0, 0.1) is 5.92 Å². The molecular formula is C13H19N3O2S. The van der Waals surface area contributed by atoms with Crippen molar-refractivity contribution in [2.75, 3.05) is 12.4 Å². The zero-order valence-corrected chi connectivity index (χ0v) is 12.2. The molecular weight excluding hydrogens is 262 g/mol. The second-order valence-corrected chi connectivity index (χ2v) is 5.07. The molecule has 6 heteroatoms. The number of ether oxygens (including phenoxy) is 1. The number of pyridine rings is 1. The number of carbonyl (C=O) groups is 1. The van der Waals surface area contributed by atoms with Crippen molar-refractivity contribution in [1.82, 2.24) is 4.98 Å². The number of esters is 1. The number of aromatic nitrogens is 1. The summed E-state index contributed by atoms with van der Waals surface area (Å²) in [5, 5.41) is 3.11. The Hall–Kier alpha value is -1.69. The maximum atomic E-state index is 11.8. The van der Waals surface area contributed by atoms with Crippen LogP contribution in [0.4, 0.5) is 5.69 Å². The Bertz CT molecular complexity index is 463. The number of nitrogens with one attached hydrogen (secondary N) is 1. The number of methoxy groups -OCH3 is 1. The van der Waals surface area contributed by atoms with Crippen molar-refractivity contribution >= 4 is 28.9 Å². The van der Waals surface area contributed by atoms with Gasteiger partial charge in [-0.15, -0.1) is 0 Å². The number of rotatable bonds is 6. The fraction of sp³-hybridized carbons (Fsp3) is 0.462. The predicted molar refractivity (Wildman–Crippen MR) is 79.0 cm³/mol. The molecule has 0 amide bonds. The first-order valence-corrected chi connectivity index (χ1v) is 6.44. The molecule has 104 valence electrons. The molecule has 0 saturated heterocycles. The first-order valence-electron chi connectivity index (χ1n) is 6.03. The molecule has 1 rings (SSSR count). The maximum absolute atomic E-state index is 11.8. The Kier molecular flexibility index (Phi) is 5.69. The number of hydrogen-bond acceptors (Lipinski definition) is 5. The highest BCUT2D eigenvalue weighted by Crippen LogP contribution is 2.17. The highest BCUT2D eigenvalue weighted by molar-refractivity contribution is 7.80. The predicted octanol–water partition coefficient (Wildman–Crippen LogP) is 1.72.